The Balaban J connectivity index is 2.49. The van der Waals surface area contributed by atoms with Crippen LogP contribution in [0, 0.1) is 0 Å². The van der Waals surface area contributed by atoms with Crippen LogP contribution in [0.25, 0.3) is 0 Å². The van der Waals surface area contributed by atoms with Crippen molar-refractivity contribution >= 4 is 0 Å². The molecule has 0 N–H and O–H groups in total. The second-order valence-electron chi connectivity index (χ2n) is 5.02. The summed E-state index contributed by atoms with van der Waals surface area (Å²) in [6, 6.07) is 0.769. The number of likely N-dealkylation sites (N-methyl/N-ethyl adjacent to an activating group) is 1. The number of rotatable bonds is 3. The van der Waals surface area contributed by atoms with Crippen LogP contribution in [0.3, 0.4) is 0 Å². The molecular weight excluding hydrogens is 160 g/mol. The summed E-state index contributed by atoms with van der Waals surface area (Å²) in [5, 5.41) is 0. The van der Waals surface area contributed by atoms with Crippen molar-refractivity contribution in [1.82, 2.24) is 9.80 Å². The summed E-state index contributed by atoms with van der Waals surface area (Å²) in [5.74, 6) is 0. The molecule has 0 saturated carbocycles. The van der Waals surface area contributed by atoms with Crippen molar-refractivity contribution in [3.63, 3.8) is 0 Å². The molecular formula is C11H24N2. The first-order valence-corrected chi connectivity index (χ1v) is 5.39. The van der Waals surface area contributed by atoms with Crippen LogP contribution < -0.4 is 0 Å². The summed E-state index contributed by atoms with van der Waals surface area (Å²) in [6.45, 7) is 9.50. The van der Waals surface area contributed by atoms with E-state index in [1.807, 2.05) is 0 Å². The Morgan fingerprint density at radius 2 is 2.00 bits per heavy atom. The van der Waals surface area contributed by atoms with Crippen LogP contribution in [0.1, 0.15) is 33.6 Å². The van der Waals surface area contributed by atoms with Gasteiger partial charge in [-0.25, -0.2) is 0 Å². The molecule has 1 fully saturated rings. The Hall–Kier alpha value is -0.0800. The number of likely N-dealkylation sites (tertiary alicyclic amines) is 1. The van der Waals surface area contributed by atoms with Crippen molar-refractivity contribution in [2.45, 2.75) is 45.2 Å². The molecule has 0 aliphatic carbocycles. The van der Waals surface area contributed by atoms with Gasteiger partial charge in [-0.15, -0.1) is 0 Å². The van der Waals surface area contributed by atoms with Crippen molar-refractivity contribution in [3.8, 4) is 0 Å². The molecule has 0 unspecified atom stereocenters. The van der Waals surface area contributed by atoms with Gasteiger partial charge in [-0.1, -0.05) is 6.92 Å². The number of hydrogen-bond acceptors (Lipinski definition) is 2. The predicted octanol–water partition coefficient (Wildman–Crippen LogP) is 1.81. The first-order valence-electron chi connectivity index (χ1n) is 5.39. The monoisotopic (exact) mass is 184 g/mol. The van der Waals surface area contributed by atoms with Gasteiger partial charge in [0.2, 0.25) is 0 Å². The fraction of sp³-hybridized carbons (Fsp3) is 1.00. The van der Waals surface area contributed by atoms with E-state index in [1.54, 1.807) is 0 Å². The van der Waals surface area contributed by atoms with Gasteiger partial charge in [0.15, 0.2) is 0 Å². The van der Waals surface area contributed by atoms with Gasteiger partial charge in [-0.05, 0) is 40.8 Å². The fourth-order valence-electron chi connectivity index (χ4n) is 1.94. The summed E-state index contributed by atoms with van der Waals surface area (Å²) in [4.78, 5) is 4.98. The average Bonchev–Trinajstić information content (AvgIpc) is 2.52. The third kappa shape index (κ3) is 2.44. The Kier molecular flexibility index (Phi) is 3.36. The van der Waals surface area contributed by atoms with Crippen LogP contribution in [0.15, 0.2) is 0 Å². The van der Waals surface area contributed by atoms with Crippen molar-refractivity contribution in [1.29, 1.82) is 0 Å². The lowest BCUT2D eigenvalue weighted by atomic mass is 10.0. The molecule has 0 amide bonds. The molecule has 2 nitrogen and oxygen atoms in total. The fourth-order valence-corrected chi connectivity index (χ4v) is 1.94. The van der Waals surface area contributed by atoms with E-state index < -0.39 is 0 Å². The smallest absolute Gasteiger partial charge is 0.0229 e. The quantitative estimate of drug-likeness (QED) is 0.660. The minimum Gasteiger partial charge on any atom is -0.305 e. The summed E-state index contributed by atoms with van der Waals surface area (Å²) in [6.07, 6.45) is 2.57. The van der Waals surface area contributed by atoms with Gasteiger partial charge in [0.25, 0.3) is 0 Å². The normalized spacial score (nSPS) is 25.8. The summed E-state index contributed by atoms with van der Waals surface area (Å²) in [5.41, 5.74) is 0.394. The van der Waals surface area contributed by atoms with Gasteiger partial charge >= 0.3 is 0 Å². The first-order chi connectivity index (χ1) is 5.97. The van der Waals surface area contributed by atoms with Crippen molar-refractivity contribution in [2.24, 2.45) is 0 Å². The van der Waals surface area contributed by atoms with Crippen molar-refractivity contribution in [3.05, 3.63) is 0 Å². The van der Waals surface area contributed by atoms with Crippen LogP contribution in [-0.4, -0.2) is 48.6 Å². The van der Waals surface area contributed by atoms with E-state index in [-0.39, 0.29) is 0 Å². The van der Waals surface area contributed by atoms with E-state index >= 15 is 0 Å². The molecule has 1 rings (SSSR count). The minimum atomic E-state index is 0.394. The molecule has 1 aliphatic heterocycles. The largest absolute Gasteiger partial charge is 0.305 e. The second-order valence-corrected chi connectivity index (χ2v) is 5.02. The highest BCUT2D eigenvalue weighted by molar-refractivity contribution is 4.89. The van der Waals surface area contributed by atoms with Crippen LogP contribution in [0.2, 0.25) is 0 Å². The Bertz CT molecular complexity index is 163. The highest BCUT2D eigenvalue weighted by Gasteiger charge is 2.32. The molecule has 1 saturated heterocycles. The lowest BCUT2D eigenvalue weighted by Gasteiger charge is -2.35. The van der Waals surface area contributed by atoms with Crippen molar-refractivity contribution < 1.29 is 0 Å². The molecule has 2 heteroatoms. The maximum absolute atomic E-state index is 2.62. The zero-order valence-electron chi connectivity index (χ0n) is 9.80. The molecule has 0 radical (unpaired) electrons. The van der Waals surface area contributed by atoms with Crippen LogP contribution >= 0.6 is 0 Å². The lowest BCUT2D eigenvalue weighted by molar-refractivity contribution is 0.137. The molecule has 0 spiro atoms. The summed E-state index contributed by atoms with van der Waals surface area (Å²) in [7, 11) is 4.38. The first kappa shape index (κ1) is 11.0. The van der Waals surface area contributed by atoms with E-state index in [2.05, 4.69) is 44.7 Å². The van der Waals surface area contributed by atoms with Gasteiger partial charge in [0.05, 0.1) is 0 Å². The van der Waals surface area contributed by atoms with Crippen LogP contribution in [0.5, 0.6) is 0 Å². The minimum absolute atomic E-state index is 0.394. The van der Waals surface area contributed by atoms with E-state index in [4.69, 9.17) is 0 Å². The van der Waals surface area contributed by atoms with Crippen LogP contribution in [-0.2, 0) is 0 Å². The standard InChI is InChI=1S/C11H24N2/c1-6-11(2,3)13-8-7-10(9-13)12(4)5/h10H,6-9H2,1-5H3/t10-/m0/s1. The van der Waals surface area contributed by atoms with E-state index in [1.165, 1.54) is 25.9 Å². The lowest BCUT2D eigenvalue weighted by Crippen LogP contribution is -2.43. The molecule has 78 valence electrons. The molecule has 1 atom stereocenters. The highest BCUT2D eigenvalue weighted by Crippen LogP contribution is 2.25. The zero-order chi connectivity index (χ0) is 10.1. The van der Waals surface area contributed by atoms with Crippen molar-refractivity contribution in [2.75, 3.05) is 27.2 Å². The van der Waals surface area contributed by atoms with Gasteiger partial charge in [0, 0.05) is 24.7 Å². The van der Waals surface area contributed by atoms with Crippen LogP contribution in [0.4, 0.5) is 0 Å². The number of hydrogen-bond donors (Lipinski definition) is 0. The Labute approximate surface area is 82.9 Å². The predicted molar refractivity (Wildman–Crippen MR) is 58.0 cm³/mol. The third-order valence-corrected chi connectivity index (χ3v) is 3.61. The van der Waals surface area contributed by atoms with Gasteiger partial charge in [-0.2, -0.15) is 0 Å². The van der Waals surface area contributed by atoms with E-state index in [0.29, 0.717) is 5.54 Å². The van der Waals surface area contributed by atoms with E-state index in [0.717, 1.165) is 6.04 Å². The molecule has 1 aliphatic rings. The number of nitrogens with zero attached hydrogens (tertiary/aromatic N) is 2. The molecule has 0 aromatic carbocycles. The maximum atomic E-state index is 2.62. The Morgan fingerprint density at radius 1 is 1.38 bits per heavy atom. The average molecular weight is 184 g/mol. The summed E-state index contributed by atoms with van der Waals surface area (Å²) >= 11 is 0. The topological polar surface area (TPSA) is 6.48 Å². The SMILES string of the molecule is CCC(C)(C)N1CC[C@H](N(C)C)C1. The third-order valence-electron chi connectivity index (χ3n) is 3.61. The molecule has 0 aromatic heterocycles. The van der Waals surface area contributed by atoms with Gasteiger partial charge in [0.1, 0.15) is 0 Å². The van der Waals surface area contributed by atoms with E-state index in [9.17, 15) is 0 Å². The molecule has 0 bridgehead atoms. The van der Waals surface area contributed by atoms with Gasteiger partial charge < -0.3 is 4.90 Å². The molecule has 0 aromatic rings. The summed E-state index contributed by atoms with van der Waals surface area (Å²) < 4.78 is 0. The maximum Gasteiger partial charge on any atom is 0.0229 e. The zero-order valence-corrected chi connectivity index (χ0v) is 9.80. The highest BCUT2D eigenvalue weighted by atomic mass is 15.3. The molecule has 1 heterocycles. The van der Waals surface area contributed by atoms with Gasteiger partial charge in [-0.3, -0.25) is 4.90 Å². The molecule has 13 heavy (non-hydrogen) atoms. The Morgan fingerprint density at radius 3 is 2.38 bits per heavy atom. The second kappa shape index (κ2) is 3.97.